The summed E-state index contributed by atoms with van der Waals surface area (Å²) in [6.07, 6.45) is 0.185. The van der Waals surface area contributed by atoms with Gasteiger partial charge in [-0.3, -0.25) is 4.90 Å². The number of hydrogen-bond donors (Lipinski definition) is 4. The fourth-order valence-corrected chi connectivity index (χ4v) is 2.05. The van der Waals surface area contributed by atoms with Gasteiger partial charge in [0, 0.05) is 12.6 Å². The van der Waals surface area contributed by atoms with Crippen molar-refractivity contribution in [3.05, 3.63) is 0 Å². The minimum Gasteiger partial charge on any atom is -0.395 e. The summed E-state index contributed by atoms with van der Waals surface area (Å²) in [4.78, 5) is 1.96. The minimum atomic E-state index is -0.949. The van der Waals surface area contributed by atoms with Crippen LogP contribution in [0.1, 0.15) is 19.8 Å². The molecular formula is C10H22N2O3. The van der Waals surface area contributed by atoms with E-state index in [4.69, 9.17) is 5.73 Å². The van der Waals surface area contributed by atoms with Crippen LogP contribution in [0, 0.1) is 0 Å². The zero-order chi connectivity index (χ0) is 11.4. The third-order valence-electron chi connectivity index (χ3n) is 3.08. The highest BCUT2D eigenvalue weighted by Gasteiger charge is 2.39. The molecule has 15 heavy (non-hydrogen) atoms. The van der Waals surface area contributed by atoms with Gasteiger partial charge in [0.2, 0.25) is 0 Å². The van der Waals surface area contributed by atoms with E-state index >= 15 is 0 Å². The molecule has 1 fully saturated rings. The summed E-state index contributed by atoms with van der Waals surface area (Å²) in [7, 11) is 0. The Balaban J connectivity index is 2.60. The molecule has 1 aliphatic rings. The highest BCUT2D eigenvalue weighted by Crippen LogP contribution is 2.18. The monoisotopic (exact) mass is 218 g/mol. The summed E-state index contributed by atoms with van der Waals surface area (Å²) in [5.41, 5.74) is 5.71. The van der Waals surface area contributed by atoms with E-state index in [9.17, 15) is 15.3 Å². The first-order valence-electron chi connectivity index (χ1n) is 5.58. The number of likely N-dealkylation sites (tertiary alicyclic amines) is 1. The van der Waals surface area contributed by atoms with Gasteiger partial charge in [-0.25, -0.2) is 0 Å². The molecule has 0 aromatic heterocycles. The lowest BCUT2D eigenvalue weighted by Crippen LogP contribution is -2.64. The second-order valence-corrected chi connectivity index (χ2v) is 4.24. The molecule has 0 spiro atoms. The van der Waals surface area contributed by atoms with Gasteiger partial charge in [0.05, 0.1) is 24.9 Å². The minimum absolute atomic E-state index is 0.144. The number of hydrogen-bond acceptors (Lipinski definition) is 5. The van der Waals surface area contributed by atoms with E-state index < -0.39 is 18.2 Å². The van der Waals surface area contributed by atoms with E-state index in [0.29, 0.717) is 6.54 Å². The smallest absolute Gasteiger partial charge is 0.0991 e. The van der Waals surface area contributed by atoms with Crippen molar-refractivity contribution in [2.75, 3.05) is 19.7 Å². The van der Waals surface area contributed by atoms with Crippen molar-refractivity contribution in [1.29, 1.82) is 0 Å². The van der Waals surface area contributed by atoms with Gasteiger partial charge in [-0.05, 0) is 13.0 Å². The lowest BCUT2D eigenvalue weighted by Gasteiger charge is -2.43. The van der Waals surface area contributed by atoms with E-state index in [2.05, 4.69) is 6.92 Å². The second-order valence-electron chi connectivity index (χ2n) is 4.24. The molecule has 0 radical (unpaired) electrons. The molecule has 0 aromatic carbocycles. The summed E-state index contributed by atoms with van der Waals surface area (Å²) < 4.78 is 0. The Morgan fingerprint density at radius 3 is 2.53 bits per heavy atom. The maximum Gasteiger partial charge on any atom is 0.0991 e. The normalized spacial score (nSPS) is 38.2. The van der Waals surface area contributed by atoms with Gasteiger partial charge in [-0.2, -0.15) is 0 Å². The molecule has 5 heteroatoms. The maximum atomic E-state index is 9.75. The lowest BCUT2D eigenvalue weighted by atomic mass is 9.93. The molecule has 1 aliphatic heterocycles. The predicted octanol–water partition coefficient (Wildman–Crippen LogP) is -1.49. The van der Waals surface area contributed by atoms with Crippen LogP contribution in [0.25, 0.3) is 0 Å². The Labute approximate surface area is 90.5 Å². The Kier molecular flexibility index (Phi) is 4.95. The van der Waals surface area contributed by atoms with Gasteiger partial charge >= 0.3 is 0 Å². The Bertz CT molecular complexity index is 192. The average molecular weight is 218 g/mol. The number of rotatable bonds is 4. The van der Waals surface area contributed by atoms with Crippen LogP contribution in [-0.2, 0) is 0 Å². The number of aliphatic hydroxyl groups is 3. The molecular weight excluding hydrogens is 196 g/mol. The summed E-state index contributed by atoms with van der Waals surface area (Å²) in [6.45, 7) is 3.28. The lowest BCUT2D eigenvalue weighted by molar-refractivity contribution is -0.0988. The van der Waals surface area contributed by atoms with Crippen molar-refractivity contribution in [1.82, 2.24) is 4.90 Å². The van der Waals surface area contributed by atoms with Crippen LogP contribution in [0.3, 0.4) is 0 Å². The molecule has 0 aromatic rings. The molecule has 0 amide bonds. The molecule has 0 bridgehead atoms. The van der Waals surface area contributed by atoms with E-state index in [-0.39, 0.29) is 12.6 Å². The first-order chi connectivity index (χ1) is 7.11. The van der Waals surface area contributed by atoms with Gasteiger partial charge in [-0.15, -0.1) is 0 Å². The standard InChI is InChI=1S/C10H22N2O3/c1-2-3-4-12-5-7(11)9(14)10(15)8(12)6-13/h7-10,13-15H,2-6,11H2,1H3. The van der Waals surface area contributed by atoms with Crippen LogP contribution in [0.4, 0.5) is 0 Å². The number of aliphatic hydroxyl groups excluding tert-OH is 3. The van der Waals surface area contributed by atoms with Gasteiger partial charge in [0.1, 0.15) is 0 Å². The molecule has 5 nitrogen and oxygen atoms in total. The zero-order valence-electron chi connectivity index (χ0n) is 9.21. The van der Waals surface area contributed by atoms with Crippen molar-refractivity contribution >= 4 is 0 Å². The average Bonchev–Trinajstić information content (AvgIpc) is 2.23. The topological polar surface area (TPSA) is 90.0 Å². The SMILES string of the molecule is CCCCN1CC(N)C(O)C(O)C1CO. The third kappa shape index (κ3) is 2.89. The Morgan fingerprint density at radius 2 is 2.00 bits per heavy atom. The van der Waals surface area contributed by atoms with Crippen molar-refractivity contribution < 1.29 is 15.3 Å². The van der Waals surface area contributed by atoms with E-state index in [1.165, 1.54) is 0 Å². The predicted molar refractivity (Wildman–Crippen MR) is 57.3 cm³/mol. The van der Waals surface area contributed by atoms with Crippen molar-refractivity contribution in [2.45, 2.75) is 44.1 Å². The van der Waals surface area contributed by atoms with E-state index in [1.807, 2.05) is 4.90 Å². The Morgan fingerprint density at radius 1 is 1.33 bits per heavy atom. The van der Waals surface area contributed by atoms with E-state index in [0.717, 1.165) is 19.4 Å². The highest BCUT2D eigenvalue weighted by atomic mass is 16.3. The number of unbranched alkanes of at least 4 members (excludes halogenated alkanes) is 1. The van der Waals surface area contributed by atoms with Crippen LogP contribution in [0.15, 0.2) is 0 Å². The first-order valence-corrected chi connectivity index (χ1v) is 5.58. The molecule has 1 saturated heterocycles. The molecule has 1 rings (SSSR count). The van der Waals surface area contributed by atoms with Crippen LogP contribution in [0.5, 0.6) is 0 Å². The molecule has 5 N–H and O–H groups in total. The zero-order valence-corrected chi connectivity index (χ0v) is 9.21. The van der Waals surface area contributed by atoms with Crippen molar-refractivity contribution in [3.63, 3.8) is 0 Å². The van der Waals surface area contributed by atoms with Crippen molar-refractivity contribution in [2.24, 2.45) is 5.73 Å². The first kappa shape index (κ1) is 12.9. The number of nitrogens with zero attached hydrogens (tertiary/aromatic N) is 1. The van der Waals surface area contributed by atoms with Crippen LogP contribution < -0.4 is 5.73 Å². The fourth-order valence-electron chi connectivity index (χ4n) is 2.05. The van der Waals surface area contributed by atoms with Gasteiger partial charge in [0.15, 0.2) is 0 Å². The maximum absolute atomic E-state index is 9.75. The quantitative estimate of drug-likeness (QED) is 0.462. The summed E-state index contributed by atoms with van der Waals surface area (Å²) in [5.74, 6) is 0. The van der Waals surface area contributed by atoms with Gasteiger partial charge < -0.3 is 21.1 Å². The molecule has 4 unspecified atom stereocenters. The molecule has 0 saturated carbocycles. The molecule has 4 atom stereocenters. The molecule has 0 aliphatic carbocycles. The summed E-state index contributed by atoms with van der Waals surface area (Å²) >= 11 is 0. The van der Waals surface area contributed by atoms with Crippen LogP contribution >= 0.6 is 0 Å². The number of nitrogens with two attached hydrogens (primary N) is 1. The van der Waals surface area contributed by atoms with Crippen LogP contribution in [0.2, 0.25) is 0 Å². The summed E-state index contributed by atoms with van der Waals surface area (Å²) in [5, 5.41) is 28.5. The Hall–Kier alpha value is -0.200. The second kappa shape index (κ2) is 5.77. The molecule has 1 heterocycles. The highest BCUT2D eigenvalue weighted by molar-refractivity contribution is 4.95. The fraction of sp³-hybridized carbons (Fsp3) is 1.00. The molecule has 90 valence electrons. The van der Waals surface area contributed by atoms with Crippen molar-refractivity contribution in [3.8, 4) is 0 Å². The van der Waals surface area contributed by atoms with Gasteiger partial charge in [0.25, 0.3) is 0 Å². The third-order valence-corrected chi connectivity index (χ3v) is 3.08. The number of piperidine rings is 1. The summed E-state index contributed by atoms with van der Waals surface area (Å²) in [6, 6.07) is -0.814. The van der Waals surface area contributed by atoms with Crippen LogP contribution in [-0.4, -0.2) is 64.2 Å². The van der Waals surface area contributed by atoms with Gasteiger partial charge in [-0.1, -0.05) is 13.3 Å². The van der Waals surface area contributed by atoms with E-state index in [1.54, 1.807) is 0 Å². The largest absolute Gasteiger partial charge is 0.395 e.